The van der Waals surface area contributed by atoms with Crippen LogP contribution >= 0.6 is 11.6 Å². The van der Waals surface area contributed by atoms with Crippen LogP contribution in [0.4, 0.5) is 10.1 Å². The van der Waals surface area contributed by atoms with Gasteiger partial charge < -0.3 is 10.2 Å². The number of piperidine rings is 1. The minimum atomic E-state index is -0.279. The van der Waals surface area contributed by atoms with E-state index in [4.69, 9.17) is 11.6 Å². The second-order valence-electron chi connectivity index (χ2n) is 5.19. The highest BCUT2D eigenvalue weighted by Crippen LogP contribution is 2.28. The summed E-state index contributed by atoms with van der Waals surface area (Å²) in [5.41, 5.74) is 0.430. The average Bonchev–Trinajstić information content (AvgIpc) is 2.34. The molecule has 1 saturated heterocycles. The summed E-state index contributed by atoms with van der Waals surface area (Å²) in [6.07, 6.45) is 2.39. The van der Waals surface area contributed by atoms with Gasteiger partial charge in [-0.25, -0.2) is 4.39 Å². The molecule has 0 radical (unpaired) electrons. The second-order valence-corrected chi connectivity index (χ2v) is 5.60. The number of anilines is 1. The Morgan fingerprint density at radius 2 is 2.28 bits per heavy atom. The summed E-state index contributed by atoms with van der Waals surface area (Å²) in [6.45, 7) is 4.32. The van der Waals surface area contributed by atoms with Gasteiger partial charge >= 0.3 is 0 Å². The molecule has 1 aliphatic rings. The maximum absolute atomic E-state index is 13.7. The summed E-state index contributed by atoms with van der Waals surface area (Å²) < 4.78 is 13.7. The molecular weight excluding hydrogens is 251 g/mol. The molecule has 2 unspecified atom stereocenters. The van der Waals surface area contributed by atoms with Gasteiger partial charge in [-0.1, -0.05) is 17.7 Å². The highest BCUT2D eigenvalue weighted by molar-refractivity contribution is 6.33. The summed E-state index contributed by atoms with van der Waals surface area (Å²) in [7, 11) is 2.13. The van der Waals surface area contributed by atoms with E-state index in [0.717, 1.165) is 13.1 Å². The van der Waals surface area contributed by atoms with Crippen LogP contribution in [0.15, 0.2) is 18.2 Å². The van der Waals surface area contributed by atoms with Gasteiger partial charge in [-0.15, -0.1) is 0 Å². The number of hydrogen-bond acceptors (Lipinski definition) is 2. The molecule has 0 bridgehead atoms. The van der Waals surface area contributed by atoms with E-state index < -0.39 is 0 Å². The first-order chi connectivity index (χ1) is 8.58. The quantitative estimate of drug-likeness (QED) is 0.902. The number of hydrogen-bond donors (Lipinski definition) is 1. The van der Waals surface area contributed by atoms with Crippen LogP contribution < -0.4 is 5.32 Å². The highest BCUT2D eigenvalue weighted by Gasteiger charge is 2.23. The van der Waals surface area contributed by atoms with Crippen LogP contribution in [0.25, 0.3) is 0 Å². The van der Waals surface area contributed by atoms with Crippen molar-refractivity contribution in [1.82, 2.24) is 4.90 Å². The van der Waals surface area contributed by atoms with E-state index in [-0.39, 0.29) is 11.9 Å². The van der Waals surface area contributed by atoms with Crippen LogP contribution in [0.3, 0.4) is 0 Å². The summed E-state index contributed by atoms with van der Waals surface area (Å²) in [6, 6.07) is 5.00. The first-order valence-electron chi connectivity index (χ1n) is 6.47. The predicted molar refractivity (Wildman–Crippen MR) is 74.7 cm³/mol. The van der Waals surface area contributed by atoms with Crippen molar-refractivity contribution in [2.24, 2.45) is 5.92 Å². The molecule has 100 valence electrons. The Morgan fingerprint density at radius 1 is 1.50 bits per heavy atom. The zero-order chi connectivity index (χ0) is 13.1. The van der Waals surface area contributed by atoms with E-state index in [0.29, 0.717) is 16.6 Å². The lowest BCUT2D eigenvalue weighted by molar-refractivity contribution is 0.197. The van der Waals surface area contributed by atoms with E-state index >= 15 is 0 Å². The monoisotopic (exact) mass is 270 g/mol. The summed E-state index contributed by atoms with van der Waals surface area (Å²) in [5.74, 6) is 0.262. The smallest absolute Gasteiger partial charge is 0.147 e. The Morgan fingerprint density at radius 3 is 2.94 bits per heavy atom. The van der Waals surface area contributed by atoms with Crippen molar-refractivity contribution < 1.29 is 4.39 Å². The van der Waals surface area contributed by atoms with E-state index in [9.17, 15) is 4.39 Å². The number of rotatable bonds is 3. The number of nitrogens with zero attached hydrogens (tertiary/aromatic N) is 1. The second kappa shape index (κ2) is 5.89. The molecule has 1 aromatic carbocycles. The normalized spacial score (nSPS) is 22.8. The lowest BCUT2D eigenvalue weighted by Gasteiger charge is -2.34. The molecule has 1 aliphatic heterocycles. The minimum absolute atomic E-state index is 0.224. The van der Waals surface area contributed by atoms with Gasteiger partial charge in [0, 0.05) is 12.6 Å². The number of halogens is 2. The Balaban J connectivity index is 2.04. The highest BCUT2D eigenvalue weighted by atomic mass is 35.5. The Hall–Kier alpha value is -0.800. The van der Waals surface area contributed by atoms with Crippen LogP contribution in [-0.4, -0.2) is 31.1 Å². The number of benzene rings is 1. The number of likely N-dealkylation sites (tertiary alicyclic amines) is 1. The largest absolute Gasteiger partial charge is 0.379 e. The maximum Gasteiger partial charge on any atom is 0.147 e. The molecule has 0 aliphatic carbocycles. The van der Waals surface area contributed by atoms with Gasteiger partial charge in [-0.05, 0) is 51.4 Å². The zero-order valence-electron chi connectivity index (χ0n) is 10.9. The van der Waals surface area contributed by atoms with Gasteiger partial charge in [-0.2, -0.15) is 0 Å². The van der Waals surface area contributed by atoms with Gasteiger partial charge in [-0.3, -0.25) is 0 Å². The van der Waals surface area contributed by atoms with Crippen LogP contribution in [0.1, 0.15) is 19.8 Å². The molecule has 0 spiro atoms. The number of nitrogens with one attached hydrogen (secondary N) is 1. The molecule has 0 amide bonds. The van der Waals surface area contributed by atoms with Gasteiger partial charge in [0.2, 0.25) is 0 Å². The summed E-state index contributed by atoms with van der Waals surface area (Å²) in [4.78, 5) is 2.33. The fraction of sp³-hybridized carbons (Fsp3) is 0.571. The average molecular weight is 271 g/mol. The third-order valence-electron chi connectivity index (χ3n) is 3.70. The van der Waals surface area contributed by atoms with Crippen molar-refractivity contribution in [3.63, 3.8) is 0 Å². The standard InChI is InChI=1S/C14H20ClFN2/c1-10(11-5-4-8-18(2)9-11)17-14-12(15)6-3-7-13(14)16/h3,6-7,10-11,17H,4-5,8-9H2,1-2H3. The zero-order valence-corrected chi connectivity index (χ0v) is 11.7. The van der Waals surface area contributed by atoms with E-state index in [1.54, 1.807) is 12.1 Å². The molecule has 1 fully saturated rings. The van der Waals surface area contributed by atoms with Crippen LogP contribution in [-0.2, 0) is 0 Å². The molecule has 18 heavy (non-hydrogen) atoms. The van der Waals surface area contributed by atoms with Crippen molar-refractivity contribution >= 4 is 17.3 Å². The first-order valence-corrected chi connectivity index (χ1v) is 6.85. The van der Waals surface area contributed by atoms with Gasteiger partial charge in [0.1, 0.15) is 5.82 Å². The molecule has 4 heteroatoms. The van der Waals surface area contributed by atoms with Crippen LogP contribution in [0.5, 0.6) is 0 Å². The number of para-hydroxylation sites is 1. The van der Waals surface area contributed by atoms with Crippen molar-refractivity contribution in [2.75, 3.05) is 25.5 Å². The molecule has 1 heterocycles. The van der Waals surface area contributed by atoms with Crippen molar-refractivity contribution in [2.45, 2.75) is 25.8 Å². The summed E-state index contributed by atoms with van der Waals surface area (Å²) in [5, 5.41) is 3.69. The third kappa shape index (κ3) is 3.15. The van der Waals surface area contributed by atoms with E-state index in [1.807, 2.05) is 0 Å². The fourth-order valence-electron chi connectivity index (χ4n) is 2.60. The lowest BCUT2D eigenvalue weighted by Crippen LogP contribution is -2.40. The molecule has 1 N–H and O–H groups in total. The van der Waals surface area contributed by atoms with Crippen molar-refractivity contribution in [1.29, 1.82) is 0 Å². The molecule has 0 saturated carbocycles. The summed E-state index contributed by atoms with van der Waals surface area (Å²) >= 11 is 6.03. The van der Waals surface area contributed by atoms with Crippen molar-refractivity contribution in [3.8, 4) is 0 Å². The van der Waals surface area contributed by atoms with Gasteiger partial charge in [0.15, 0.2) is 0 Å². The predicted octanol–water partition coefficient (Wildman–Crippen LogP) is 3.62. The van der Waals surface area contributed by atoms with Gasteiger partial charge in [0.05, 0.1) is 10.7 Å². The van der Waals surface area contributed by atoms with E-state index in [1.165, 1.54) is 18.9 Å². The third-order valence-corrected chi connectivity index (χ3v) is 4.02. The SMILES string of the molecule is CC(Nc1c(F)cccc1Cl)C1CCCN(C)C1. The minimum Gasteiger partial charge on any atom is -0.379 e. The molecule has 0 aromatic heterocycles. The van der Waals surface area contributed by atoms with Crippen LogP contribution in [0.2, 0.25) is 5.02 Å². The molecule has 1 aromatic rings. The molecule has 2 rings (SSSR count). The Kier molecular flexibility index (Phi) is 4.46. The first kappa shape index (κ1) is 13.6. The molecule has 2 atom stereocenters. The molecular formula is C14H20ClFN2. The van der Waals surface area contributed by atoms with Crippen LogP contribution in [0, 0.1) is 11.7 Å². The van der Waals surface area contributed by atoms with Gasteiger partial charge in [0.25, 0.3) is 0 Å². The lowest BCUT2D eigenvalue weighted by atomic mass is 9.91. The molecule has 2 nitrogen and oxygen atoms in total. The van der Waals surface area contributed by atoms with Crippen molar-refractivity contribution in [3.05, 3.63) is 29.0 Å². The van der Waals surface area contributed by atoms with E-state index in [2.05, 4.69) is 24.2 Å². The maximum atomic E-state index is 13.7. The fourth-order valence-corrected chi connectivity index (χ4v) is 2.81. The topological polar surface area (TPSA) is 15.3 Å². The Labute approximate surface area is 113 Å². The Bertz CT molecular complexity index is 391.